The number of fused-ring (bicyclic) bond motifs is 6. The van der Waals surface area contributed by atoms with Crippen molar-refractivity contribution >= 4 is 5.97 Å². The molecule has 0 bridgehead atoms. The summed E-state index contributed by atoms with van der Waals surface area (Å²) in [6.45, 7) is 7.91. The fourth-order valence-electron chi connectivity index (χ4n) is 4.88. The van der Waals surface area contributed by atoms with Gasteiger partial charge in [0.2, 0.25) is 0 Å². The summed E-state index contributed by atoms with van der Waals surface area (Å²) in [6, 6.07) is 5.60. The first-order chi connectivity index (χ1) is 15.8. The molecule has 178 valence electrons. The lowest BCUT2D eigenvalue weighted by Gasteiger charge is -2.44. The van der Waals surface area contributed by atoms with Crippen LogP contribution in [0.3, 0.4) is 0 Å². The van der Waals surface area contributed by atoms with Crippen molar-refractivity contribution in [2.75, 3.05) is 39.0 Å². The summed E-state index contributed by atoms with van der Waals surface area (Å²) in [5.74, 6) is 0.693. The number of ether oxygens (including phenoxy) is 4. The van der Waals surface area contributed by atoms with Gasteiger partial charge < -0.3 is 18.9 Å². The smallest absolute Gasteiger partial charge is 0.343 e. The third-order valence-corrected chi connectivity index (χ3v) is 6.41. The quantitative estimate of drug-likeness (QED) is 0.443. The molecule has 8 heteroatoms. The van der Waals surface area contributed by atoms with Gasteiger partial charge >= 0.3 is 5.97 Å². The molecule has 0 spiro atoms. The van der Waals surface area contributed by atoms with Crippen molar-refractivity contribution in [3.63, 3.8) is 0 Å². The Morgan fingerprint density at radius 1 is 1.12 bits per heavy atom. The number of aromatic nitrogens is 1. The lowest BCUT2D eigenvalue weighted by atomic mass is 9.93. The molecule has 0 amide bonds. The molecule has 1 atom stereocenters. The number of esters is 1. The number of rotatable bonds is 8. The van der Waals surface area contributed by atoms with E-state index in [-0.39, 0.29) is 22.6 Å². The van der Waals surface area contributed by atoms with Gasteiger partial charge in [-0.25, -0.2) is 4.79 Å². The van der Waals surface area contributed by atoms with Gasteiger partial charge in [-0.3, -0.25) is 14.5 Å². The van der Waals surface area contributed by atoms with Crippen LogP contribution >= 0.6 is 0 Å². The van der Waals surface area contributed by atoms with Gasteiger partial charge in [0.05, 0.1) is 37.6 Å². The van der Waals surface area contributed by atoms with Gasteiger partial charge in [-0.15, -0.1) is 0 Å². The van der Waals surface area contributed by atoms with Gasteiger partial charge in [-0.1, -0.05) is 0 Å². The number of hydrogen-bond donors (Lipinski definition) is 0. The van der Waals surface area contributed by atoms with Crippen LogP contribution in [0.25, 0.3) is 11.3 Å². The summed E-state index contributed by atoms with van der Waals surface area (Å²) in [5.41, 5.74) is 2.21. The standard InChI is InChI=1S/C25H32N2O6/c1-6-32-22-13-17-16(12-23(22)33-11-7-10-30-4)19-8-9-25(2,3)27(19)26-15-18(24(29)31-5)21(28)14-20(17)26/h12-15,19H,6-11H2,1-5H3. The first kappa shape index (κ1) is 23.2. The zero-order valence-corrected chi connectivity index (χ0v) is 20.0. The summed E-state index contributed by atoms with van der Waals surface area (Å²) >= 11 is 0. The molecule has 1 unspecified atom stereocenters. The van der Waals surface area contributed by atoms with Crippen molar-refractivity contribution in [3.05, 3.63) is 45.7 Å². The van der Waals surface area contributed by atoms with Crippen LogP contribution in [0.5, 0.6) is 11.5 Å². The predicted molar refractivity (Wildman–Crippen MR) is 125 cm³/mol. The fraction of sp³-hybridized carbons (Fsp3) is 0.520. The molecule has 0 saturated carbocycles. The second-order valence-corrected chi connectivity index (χ2v) is 9.00. The first-order valence-corrected chi connectivity index (χ1v) is 11.4. The molecule has 4 rings (SSSR count). The topological polar surface area (TPSA) is 79.2 Å². The Morgan fingerprint density at radius 2 is 1.88 bits per heavy atom. The lowest BCUT2D eigenvalue weighted by molar-refractivity contribution is 0.0598. The van der Waals surface area contributed by atoms with E-state index in [1.165, 1.54) is 13.2 Å². The Labute approximate surface area is 194 Å². The Balaban J connectivity index is 1.89. The van der Waals surface area contributed by atoms with Crippen LogP contribution in [-0.2, 0) is 9.47 Å². The molecule has 1 aromatic heterocycles. The van der Waals surface area contributed by atoms with Crippen LogP contribution in [0.2, 0.25) is 0 Å². The number of carbonyl (C=O) groups is 1. The fourth-order valence-corrected chi connectivity index (χ4v) is 4.88. The van der Waals surface area contributed by atoms with E-state index in [9.17, 15) is 9.59 Å². The molecular weight excluding hydrogens is 424 g/mol. The zero-order chi connectivity index (χ0) is 23.8. The minimum absolute atomic E-state index is 0.0225. The summed E-state index contributed by atoms with van der Waals surface area (Å²) < 4.78 is 23.9. The van der Waals surface area contributed by atoms with E-state index in [1.807, 2.05) is 23.7 Å². The molecule has 1 saturated heterocycles. The molecule has 2 aromatic rings. The van der Waals surface area contributed by atoms with E-state index < -0.39 is 5.97 Å². The maximum atomic E-state index is 12.8. The maximum Gasteiger partial charge on any atom is 0.343 e. The molecule has 0 radical (unpaired) electrons. The highest BCUT2D eigenvalue weighted by Crippen LogP contribution is 2.50. The molecular formula is C25H32N2O6. The molecule has 1 aromatic carbocycles. The van der Waals surface area contributed by atoms with Crippen molar-refractivity contribution in [2.24, 2.45) is 0 Å². The van der Waals surface area contributed by atoms with Gasteiger partial charge in [-0.05, 0) is 51.3 Å². The first-order valence-electron chi connectivity index (χ1n) is 11.4. The summed E-state index contributed by atoms with van der Waals surface area (Å²) in [4.78, 5) is 25.1. The minimum Gasteiger partial charge on any atom is -0.490 e. The average Bonchev–Trinajstić information content (AvgIpc) is 3.12. The number of pyridine rings is 1. The van der Waals surface area contributed by atoms with Crippen LogP contribution in [0.15, 0.2) is 29.2 Å². The van der Waals surface area contributed by atoms with Gasteiger partial charge in [-0.2, -0.15) is 0 Å². The van der Waals surface area contributed by atoms with Crippen LogP contribution < -0.4 is 19.9 Å². The van der Waals surface area contributed by atoms with Gasteiger partial charge in [0.1, 0.15) is 5.56 Å². The second kappa shape index (κ2) is 9.09. The van der Waals surface area contributed by atoms with E-state index in [4.69, 9.17) is 18.9 Å². The van der Waals surface area contributed by atoms with E-state index in [2.05, 4.69) is 18.9 Å². The Morgan fingerprint density at radius 3 is 2.58 bits per heavy atom. The maximum absolute atomic E-state index is 12.8. The number of nitrogens with zero attached hydrogens (tertiary/aromatic N) is 2. The third kappa shape index (κ3) is 4.08. The monoisotopic (exact) mass is 456 g/mol. The molecule has 0 aliphatic carbocycles. The van der Waals surface area contributed by atoms with Crippen molar-refractivity contribution < 1.29 is 23.7 Å². The van der Waals surface area contributed by atoms with Gasteiger partial charge in [0.15, 0.2) is 16.9 Å². The minimum atomic E-state index is -0.635. The summed E-state index contributed by atoms with van der Waals surface area (Å²) in [7, 11) is 2.96. The largest absolute Gasteiger partial charge is 0.490 e. The van der Waals surface area contributed by atoms with Crippen molar-refractivity contribution in [1.82, 2.24) is 4.68 Å². The van der Waals surface area contributed by atoms with Crippen molar-refractivity contribution in [3.8, 4) is 22.8 Å². The normalized spacial score (nSPS) is 17.7. The number of carbonyl (C=O) groups excluding carboxylic acids is 1. The molecule has 3 heterocycles. The Hall–Kier alpha value is -3.00. The SMILES string of the molecule is CCOc1cc2c(cc1OCCCOC)C1CCC(C)(C)N1n1cc(C(=O)OC)c(=O)cc1-2. The molecule has 0 N–H and O–H groups in total. The second-order valence-electron chi connectivity index (χ2n) is 9.00. The zero-order valence-electron chi connectivity index (χ0n) is 20.0. The van der Waals surface area contributed by atoms with Crippen molar-refractivity contribution in [2.45, 2.75) is 51.6 Å². The van der Waals surface area contributed by atoms with Crippen molar-refractivity contribution in [1.29, 1.82) is 0 Å². The van der Waals surface area contributed by atoms with E-state index >= 15 is 0 Å². The van der Waals surface area contributed by atoms with Crippen LogP contribution in [-0.4, -0.2) is 50.2 Å². The van der Waals surface area contributed by atoms with E-state index in [0.717, 1.165) is 36.1 Å². The number of benzene rings is 1. The van der Waals surface area contributed by atoms with Gasteiger partial charge in [0, 0.05) is 38.0 Å². The van der Waals surface area contributed by atoms with Crippen LogP contribution in [0.1, 0.15) is 62.0 Å². The van der Waals surface area contributed by atoms with E-state index in [1.54, 1.807) is 13.3 Å². The highest BCUT2D eigenvalue weighted by Gasteiger charge is 2.45. The highest BCUT2D eigenvalue weighted by atomic mass is 16.5. The number of hydrogen-bond acceptors (Lipinski definition) is 7. The lowest BCUT2D eigenvalue weighted by Crippen LogP contribution is -2.50. The Kier molecular flexibility index (Phi) is 6.38. The van der Waals surface area contributed by atoms with Crippen LogP contribution in [0.4, 0.5) is 0 Å². The van der Waals surface area contributed by atoms with E-state index in [0.29, 0.717) is 31.3 Å². The molecule has 8 nitrogen and oxygen atoms in total. The molecule has 1 fully saturated rings. The summed E-state index contributed by atoms with van der Waals surface area (Å²) in [6.07, 6.45) is 4.29. The molecule has 33 heavy (non-hydrogen) atoms. The van der Waals surface area contributed by atoms with Gasteiger partial charge in [0.25, 0.3) is 0 Å². The Bertz CT molecular complexity index is 1110. The third-order valence-electron chi connectivity index (χ3n) is 6.41. The molecule has 2 aliphatic heterocycles. The highest BCUT2D eigenvalue weighted by molar-refractivity contribution is 5.89. The average molecular weight is 457 g/mol. The molecule has 2 aliphatic rings. The predicted octanol–water partition coefficient (Wildman–Crippen LogP) is 3.68. The number of methoxy groups -OCH3 is 2. The summed E-state index contributed by atoms with van der Waals surface area (Å²) in [5, 5.41) is 2.26. The van der Waals surface area contributed by atoms with Crippen LogP contribution in [0, 0.1) is 0 Å².